The van der Waals surface area contributed by atoms with E-state index >= 15 is 0 Å². The van der Waals surface area contributed by atoms with Crippen molar-refractivity contribution >= 4 is 29.5 Å². The van der Waals surface area contributed by atoms with Gasteiger partial charge < -0.3 is 10.0 Å². The number of hydrogen-bond acceptors (Lipinski definition) is 3. The number of carboxylic acids is 1. The Bertz CT molecular complexity index is 543. The van der Waals surface area contributed by atoms with Crippen LogP contribution in [0.2, 0.25) is 0 Å². The van der Waals surface area contributed by atoms with Crippen LogP contribution in [0.3, 0.4) is 0 Å². The third kappa shape index (κ3) is 3.54. The molecule has 0 unspecified atom stereocenters. The highest BCUT2D eigenvalue weighted by Crippen LogP contribution is 2.34. The average molecular weight is 295 g/mol. The first-order valence-electron chi connectivity index (χ1n) is 6.47. The molecular formula is C15H18FNO2S. The fraction of sp³-hybridized carbons (Fsp3) is 0.400. The van der Waals surface area contributed by atoms with Crippen LogP contribution in [0.1, 0.15) is 19.4 Å². The number of carbonyl (C=O) groups is 1. The first-order valence-corrected chi connectivity index (χ1v) is 7.46. The van der Waals surface area contributed by atoms with Gasteiger partial charge in [0.1, 0.15) is 5.82 Å². The van der Waals surface area contributed by atoms with E-state index in [1.165, 1.54) is 12.1 Å². The molecule has 0 spiro atoms. The lowest BCUT2D eigenvalue weighted by Crippen LogP contribution is -2.43. The van der Waals surface area contributed by atoms with Crippen LogP contribution in [0.15, 0.2) is 24.3 Å². The molecule has 1 fully saturated rings. The Labute approximate surface area is 122 Å². The van der Waals surface area contributed by atoms with Crippen molar-refractivity contribution in [3.8, 4) is 0 Å². The van der Waals surface area contributed by atoms with Gasteiger partial charge in [0.25, 0.3) is 0 Å². The van der Waals surface area contributed by atoms with Gasteiger partial charge in [0.15, 0.2) is 0 Å². The van der Waals surface area contributed by atoms with E-state index < -0.39 is 11.8 Å². The zero-order chi connectivity index (χ0) is 14.8. The summed E-state index contributed by atoms with van der Waals surface area (Å²) in [5, 5.41) is 8.72. The SMILES string of the molecule is CC1(C)CN(c2cccc(F)c2/C=C/C(=O)O)CCS1. The minimum atomic E-state index is -1.08. The maximum atomic E-state index is 14.0. The predicted molar refractivity (Wildman–Crippen MR) is 81.8 cm³/mol. The van der Waals surface area contributed by atoms with E-state index in [1.807, 2.05) is 17.8 Å². The van der Waals surface area contributed by atoms with Gasteiger partial charge in [-0.1, -0.05) is 6.07 Å². The normalized spacial score (nSPS) is 18.4. The van der Waals surface area contributed by atoms with E-state index in [9.17, 15) is 9.18 Å². The number of carboxylic acid groups (broad SMARTS) is 1. The van der Waals surface area contributed by atoms with Crippen LogP contribution >= 0.6 is 11.8 Å². The van der Waals surface area contributed by atoms with Crippen LogP contribution in [-0.2, 0) is 4.79 Å². The van der Waals surface area contributed by atoms with Crippen LogP contribution in [0.5, 0.6) is 0 Å². The van der Waals surface area contributed by atoms with Gasteiger partial charge in [0, 0.05) is 40.9 Å². The smallest absolute Gasteiger partial charge is 0.328 e. The average Bonchev–Trinajstić information content (AvgIpc) is 2.35. The maximum absolute atomic E-state index is 14.0. The molecule has 0 saturated carbocycles. The summed E-state index contributed by atoms with van der Waals surface area (Å²) in [6.07, 6.45) is 2.31. The summed E-state index contributed by atoms with van der Waals surface area (Å²) in [5.41, 5.74) is 1.11. The Balaban J connectivity index is 2.36. The van der Waals surface area contributed by atoms with Gasteiger partial charge in [-0.2, -0.15) is 11.8 Å². The molecule has 20 heavy (non-hydrogen) atoms. The van der Waals surface area contributed by atoms with Gasteiger partial charge in [-0.05, 0) is 32.1 Å². The maximum Gasteiger partial charge on any atom is 0.328 e. The Morgan fingerprint density at radius 3 is 2.90 bits per heavy atom. The molecule has 1 aromatic rings. The second-order valence-electron chi connectivity index (χ2n) is 5.37. The highest BCUT2D eigenvalue weighted by atomic mass is 32.2. The van der Waals surface area contributed by atoms with Crippen molar-refractivity contribution in [1.82, 2.24) is 0 Å². The minimum Gasteiger partial charge on any atom is -0.478 e. The molecule has 3 nitrogen and oxygen atoms in total. The van der Waals surface area contributed by atoms with Crippen LogP contribution in [-0.4, -0.2) is 34.7 Å². The Kier molecular flexibility index (Phi) is 4.38. The quantitative estimate of drug-likeness (QED) is 0.869. The summed E-state index contributed by atoms with van der Waals surface area (Å²) in [4.78, 5) is 12.8. The summed E-state index contributed by atoms with van der Waals surface area (Å²) in [7, 11) is 0. The molecule has 5 heteroatoms. The summed E-state index contributed by atoms with van der Waals surface area (Å²) in [6, 6.07) is 4.86. The number of nitrogens with zero attached hydrogens (tertiary/aromatic N) is 1. The second kappa shape index (κ2) is 5.87. The number of anilines is 1. The van der Waals surface area contributed by atoms with Gasteiger partial charge in [-0.25, -0.2) is 9.18 Å². The fourth-order valence-electron chi connectivity index (χ4n) is 2.34. The number of thioether (sulfide) groups is 1. The van der Waals surface area contributed by atoms with Crippen molar-refractivity contribution in [2.75, 3.05) is 23.7 Å². The number of halogens is 1. The molecule has 0 aromatic heterocycles. The first-order chi connectivity index (χ1) is 9.39. The minimum absolute atomic E-state index is 0.109. The van der Waals surface area contributed by atoms with Gasteiger partial charge in [0.2, 0.25) is 0 Å². The Morgan fingerprint density at radius 1 is 1.50 bits per heavy atom. The standard InChI is InChI=1S/C15H18FNO2S/c1-15(2)10-17(8-9-20-15)13-5-3-4-12(16)11(13)6-7-14(18)19/h3-7H,8-10H2,1-2H3,(H,18,19)/b7-6+. The second-order valence-corrected chi connectivity index (χ2v) is 7.18. The highest BCUT2D eigenvalue weighted by Gasteiger charge is 2.28. The molecule has 2 rings (SSSR count). The van der Waals surface area contributed by atoms with E-state index in [0.29, 0.717) is 5.56 Å². The molecule has 1 aliphatic rings. The van der Waals surface area contributed by atoms with Crippen molar-refractivity contribution in [3.63, 3.8) is 0 Å². The monoisotopic (exact) mass is 295 g/mol. The van der Waals surface area contributed by atoms with E-state index in [1.54, 1.807) is 6.07 Å². The molecule has 0 bridgehead atoms. The largest absolute Gasteiger partial charge is 0.478 e. The third-order valence-electron chi connectivity index (χ3n) is 3.19. The summed E-state index contributed by atoms with van der Waals surface area (Å²) < 4.78 is 14.1. The summed E-state index contributed by atoms with van der Waals surface area (Å²) >= 11 is 1.90. The summed E-state index contributed by atoms with van der Waals surface area (Å²) in [6.45, 7) is 5.98. The predicted octanol–water partition coefficient (Wildman–Crippen LogP) is 3.26. The molecule has 1 aliphatic heterocycles. The molecule has 108 valence electrons. The van der Waals surface area contributed by atoms with Gasteiger partial charge >= 0.3 is 5.97 Å². The van der Waals surface area contributed by atoms with Gasteiger partial charge in [-0.15, -0.1) is 0 Å². The molecule has 1 N–H and O–H groups in total. The van der Waals surface area contributed by atoms with Gasteiger partial charge in [-0.3, -0.25) is 0 Å². The van der Waals surface area contributed by atoms with Crippen molar-refractivity contribution < 1.29 is 14.3 Å². The molecular weight excluding hydrogens is 277 g/mol. The zero-order valence-corrected chi connectivity index (χ0v) is 12.4. The molecule has 0 atom stereocenters. The lowest BCUT2D eigenvalue weighted by atomic mass is 10.1. The fourth-order valence-corrected chi connectivity index (χ4v) is 3.45. The highest BCUT2D eigenvalue weighted by molar-refractivity contribution is 8.00. The van der Waals surface area contributed by atoms with E-state index in [2.05, 4.69) is 18.7 Å². The van der Waals surface area contributed by atoms with E-state index in [0.717, 1.165) is 30.6 Å². The molecule has 0 amide bonds. The topological polar surface area (TPSA) is 40.5 Å². The van der Waals surface area contributed by atoms with Crippen LogP contribution in [0.25, 0.3) is 6.08 Å². The number of benzene rings is 1. The lowest BCUT2D eigenvalue weighted by Gasteiger charge is -2.39. The van der Waals surface area contributed by atoms with Crippen LogP contribution in [0, 0.1) is 5.82 Å². The molecule has 1 saturated heterocycles. The van der Waals surface area contributed by atoms with Crippen LogP contribution < -0.4 is 4.90 Å². The Morgan fingerprint density at radius 2 is 2.25 bits per heavy atom. The first kappa shape index (κ1) is 14.9. The van der Waals surface area contributed by atoms with Crippen molar-refractivity contribution in [2.24, 2.45) is 0 Å². The van der Waals surface area contributed by atoms with E-state index in [-0.39, 0.29) is 4.75 Å². The van der Waals surface area contributed by atoms with Crippen LogP contribution in [0.4, 0.5) is 10.1 Å². The van der Waals surface area contributed by atoms with Gasteiger partial charge in [0.05, 0.1) is 0 Å². The third-order valence-corrected chi connectivity index (χ3v) is 4.49. The Hall–Kier alpha value is -1.49. The number of hydrogen-bond donors (Lipinski definition) is 1. The molecule has 1 heterocycles. The summed E-state index contributed by atoms with van der Waals surface area (Å²) in [5.74, 6) is -0.490. The number of rotatable bonds is 3. The van der Waals surface area contributed by atoms with E-state index in [4.69, 9.17) is 5.11 Å². The molecule has 1 aromatic carbocycles. The number of aliphatic carboxylic acids is 1. The van der Waals surface area contributed by atoms with Crippen molar-refractivity contribution in [3.05, 3.63) is 35.7 Å². The van der Waals surface area contributed by atoms with Crippen molar-refractivity contribution in [1.29, 1.82) is 0 Å². The van der Waals surface area contributed by atoms with Crippen molar-refractivity contribution in [2.45, 2.75) is 18.6 Å². The molecule has 0 aliphatic carbocycles. The molecule has 0 radical (unpaired) electrons. The zero-order valence-electron chi connectivity index (χ0n) is 11.6. The lowest BCUT2D eigenvalue weighted by molar-refractivity contribution is -0.131.